The minimum atomic E-state index is -3.81. The number of nitrogens with zero attached hydrogens (tertiary/aromatic N) is 1. The molecular formula is C8H8Cl4N2O2S2. The molecule has 0 aliphatic heterocycles. The standard InChI is InChI=1S/C8H8Cl4N2O2S2/c1-13-18(15,16)14(17-8(10,11)12)7-4-2-6(9)3-5-7/h2-5,13H,1H3. The summed E-state index contributed by atoms with van der Waals surface area (Å²) in [5, 5.41) is 0.472. The predicted molar refractivity (Wildman–Crippen MR) is 79.8 cm³/mol. The lowest BCUT2D eigenvalue weighted by molar-refractivity contribution is 0.590. The third-order valence-electron chi connectivity index (χ3n) is 1.70. The lowest BCUT2D eigenvalue weighted by Gasteiger charge is -2.25. The van der Waals surface area contributed by atoms with Crippen molar-refractivity contribution < 1.29 is 8.42 Å². The van der Waals surface area contributed by atoms with Gasteiger partial charge in [-0.05, 0) is 24.3 Å². The Morgan fingerprint density at radius 3 is 2.11 bits per heavy atom. The molecule has 0 fully saturated rings. The molecule has 1 aromatic carbocycles. The van der Waals surface area contributed by atoms with Crippen molar-refractivity contribution in [1.29, 1.82) is 0 Å². The Morgan fingerprint density at radius 1 is 1.22 bits per heavy atom. The van der Waals surface area contributed by atoms with E-state index in [1.165, 1.54) is 31.3 Å². The van der Waals surface area contributed by atoms with Crippen molar-refractivity contribution in [3.8, 4) is 0 Å². The van der Waals surface area contributed by atoms with Crippen LogP contribution in [0.25, 0.3) is 0 Å². The van der Waals surface area contributed by atoms with Crippen molar-refractivity contribution in [3.05, 3.63) is 29.3 Å². The van der Waals surface area contributed by atoms with Gasteiger partial charge in [0.25, 0.3) is 3.12 Å². The smallest absolute Gasteiger partial charge is 0.200 e. The Labute approximate surface area is 130 Å². The summed E-state index contributed by atoms with van der Waals surface area (Å²) in [4.78, 5) is 0. The van der Waals surface area contributed by atoms with E-state index in [0.717, 1.165) is 3.71 Å². The maximum absolute atomic E-state index is 11.8. The topological polar surface area (TPSA) is 49.4 Å². The molecule has 0 radical (unpaired) electrons. The van der Waals surface area contributed by atoms with Crippen molar-refractivity contribution in [2.24, 2.45) is 0 Å². The molecule has 1 aromatic rings. The highest BCUT2D eigenvalue weighted by Crippen LogP contribution is 2.44. The van der Waals surface area contributed by atoms with Crippen LogP contribution in [0.1, 0.15) is 0 Å². The van der Waals surface area contributed by atoms with Crippen LogP contribution in [0.3, 0.4) is 0 Å². The summed E-state index contributed by atoms with van der Waals surface area (Å²) in [6, 6.07) is 6.07. The largest absolute Gasteiger partial charge is 0.311 e. The van der Waals surface area contributed by atoms with Gasteiger partial charge in [-0.2, -0.15) is 16.9 Å². The zero-order valence-corrected chi connectivity index (χ0v) is 13.6. The number of hydrogen-bond donors (Lipinski definition) is 1. The first kappa shape index (κ1) is 16.5. The Balaban J connectivity index is 3.17. The number of hydrogen-bond acceptors (Lipinski definition) is 3. The van der Waals surface area contributed by atoms with Crippen LogP contribution in [0, 0.1) is 0 Å². The van der Waals surface area contributed by atoms with Crippen molar-refractivity contribution in [2.75, 3.05) is 10.8 Å². The molecule has 0 unspecified atom stereocenters. The molecule has 0 aliphatic carbocycles. The molecule has 1 N–H and O–H groups in total. The third kappa shape index (κ3) is 4.85. The molecule has 0 aliphatic rings. The molecule has 0 saturated carbocycles. The van der Waals surface area contributed by atoms with Gasteiger partial charge in [0.15, 0.2) is 0 Å². The lowest BCUT2D eigenvalue weighted by Crippen LogP contribution is -2.35. The fourth-order valence-electron chi connectivity index (χ4n) is 0.980. The summed E-state index contributed by atoms with van der Waals surface area (Å²) in [5.41, 5.74) is 0.310. The summed E-state index contributed by atoms with van der Waals surface area (Å²) < 4.78 is 24.9. The molecule has 0 atom stereocenters. The molecule has 0 aromatic heterocycles. The first-order valence-electron chi connectivity index (χ1n) is 4.41. The van der Waals surface area contributed by atoms with E-state index >= 15 is 0 Å². The van der Waals surface area contributed by atoms with E-state index in [-0.39, 0.29) is 0 Å². The van der Waals surface area contributed by atoms with Crippen LogP contribution in [0.5, 0.6) is 0 Å². The van der Waals surface area contributed by atoms with E-state index in [2.05, 4.69) is 4.72 Å². The molecule has 4 nitrogen and oxygen atoms in total. The maximum atomic E-state index is 11.8. The quantitative estimate of drug-likeness (QED) is 0.651. The molecule has 0 amide bonds. The van der Waals surface area contributed by atoms with Gasteiger partial charge in [0.2, 0.25) is 0 Å². The predicted octanol–water partition coefficient (Wildman–Crippen LogP) is 3.59. The van der Waals surface area contributed by atoms with E-state index in [1.807, 2.05) is 0 Å². The summed E-state index contributed by atoms with van der Waals surface area (Å²) >= 11 is 23.1. The average Bonchev–Trinajstić information content (AvgIpc) is 2.26. The second kappa shape index (κ2) is 6.26. The van der Waals surface area contributed by atoms with E-state index in [4.69, 9.17) is 46.4 Å². The van der Waals surface area contributed by atoms with Gasteiger partial charge >= 0.3 is 10.2 Å². The summed E-state index contributed by atoms with van der Waals surface area (Å²) in [7, 11) is -2.55. The van der Waals surface area contributed by atoms with E-state index in [0.29, 0.717) is 22.7 Å². The summed E-state index contributed by atoms with van der Waals surface area (Å²) in [6.07, 6.45) is 0. The number of benzene rings is 1. The SMILES string of the molecule is CNS(=O)(=O)N(SC(Cl)(Cl)Cl)c1ccc(Cl)cc1. The van der Waals surface area contributed by atoms with Gasteiger partial charge < -0.3 is 0 Å². The summed E-state index contributed by atoms with van der Waals surface area (Å²) in [5.74, 6) is 0. The fourth-order valence-corrected chi connectivity index (χ4v) is 4.03. The van der Waals surface area contributed by atoms with E-state index < -0.39 is 13.3 Å². The number of alkyl halides is 3. The number of halogens is 4. The third-order valence-corrected chi connectivity index (χ3v) is 5.13. The molecule has 102 valence electrons. The normalized spacial score (nSPS) is 12.5. The van der Waals surface area contributed by atoms with Gasteiger partial charge in [-0.25, -0.2) is 0 Å². The van der Waals surface area contributed by atoms with Crippen LogP contribution < -0.4 is 8.43 Å². The molecule has 10 heteroatoms. The highest BCUT2D eigenvalue weighted by molar-refractivity contribution is 8.17. The minimum Gasteiger partial charge on any atom is -0.200 e. The second-order valence-electron chi connectivity index (χ2n) is 2.95. The van der Waals surface area contributed by atoms with Crippen LogP contribution in [0.15, 0.2) is 24.3 Å². The van der Waals surface area contributed by atoms with Crippen LogP contribution in [0.4, 0.5) is 5.69 Å². The van der Waals surface area contributed by atoms with Gasteiger partial charge in [-0.3, -0.25) is 0 Å². The Morgan fingerprint density at radius 2 is 1.72 bits per heavy atom. The van der Waals surface area contributed by atoms with Crippen molar-refractivity contribution in [1.82, 2.24) is 4.72 Å². The molecular weight excluding hydrogens is 362 g/mol. The van der Waals surface area contributed by atoms with Crippen LogP contribution in [0.2, 0.25) is 5.02 Å². The van der Waals surface area contributed by atoms with Crippen molar-refractivity contribution in [2.45, 2.75) is 3.12 Å². The Hall–Kier alpha value is 0.440. The number of nitrogens with one attached hydrogen (secondary N) is 1. The number of anilines is 1. The van der Waals surface area contributed by atoms with Gasteiger partial charge in [0.05, 0.1) is 5.69 Å². The average molecular weight is 370 g/mol. The highest BCUT2D eigenvalue weighted by Gasteiger charge is 2.32. The van der Waals surface area contributed by atoms with Gasteiger partial charge in [0.1, 0.15) is 0 Å². The molecule has 0 bridgehead atoms. The van der Waals surface area contributed by atoms with Crippen LogP contribution in [-0.2, 0) is 10.2 Å². The first-order valence-corrected chi connectivity index (χ1v) is 8.13. The molecule has 0 heterocycles. The van der Waals surface area contributed by atoms with Crippen LogP contribution in [-0.4, -0.2) is 18.6 Å². The fraction of sp³-hybridized carbons (Fsp3) is 0.250. The lowest BCUT2D eigenvalue weighted by atomic mass is 10.3. The maximum Gasteiger partial charge on any atom is 0.311 e. The molecule has 1 rings (SSSR count). The second-order valence-corrected chi connectivity index (χ2v) is 9.45. The highest BCUT2D eigenvalue weighted by atomic mass is 35.6. The minimum absolute atomic E-state index is 0.310. The number of rotatable bonds is 4. The zero-order valence-electron chi connectivity index (χ0n) is 8.90. The van der Waals surface area contributed by atoms with Gasteiger partial charge in [-0.15, -0.1) is 0 Å². The molecule has 0 saturated heterocycles. The van der Waals surface area contributed by atoms with Crippen molar-refractivity contribution >= 4 is 74.2 Å². The summed E-state index contributed by atoms with van der Waals surface area (Å²) in [6.45, 7) is 0. The van der Waals surface area contributed by atoms with Crippen LogP contribution >= 0.6 is 58.4 Å². The van der Waals surface area contributed by atoms with E-state index in [9.17, 15) is 8.42 Å². The van der Waals surface area contributed by atoms with Gasteiger partial charge in [-0.1, -0.05) is 46.4 Å². The Kier molecular flexibility index (Phi) is 5.74. The monoisotopic (exact) mass is 368 g/mol. The first-order chi connectivity index (χ1) is 8.15. The zero-order chi connectivity index (χ0) is 14.0. The van der Waals surface area contributed by atoms with Gasteiger partial charge in [0, 0.05) is 24.0 Å². The molecule has 18 heavy (non-hydrogen) atoms. The van der Waals surface area contributed by atoms with E-state index in [1.54, 1.807) is 0 Å². The molecule has 0 spiro atoms. The van der Waals surface area contributed by atoms with Crippen molar-refractivity contribution in [3.63, 3.8) is 0 Å². The Bertz CT molecular complexity index is 501.